The summed E-state index contributed by atoms with van der Waals surface area (Å²) in [4.78, 5) is 0.179. The first-order valence-corrected chi connectivity index (χ1v) is 9.30. The summed E-state index contributed by atoms with van der Waals surface area (Å²) in [6, 6.07) is 21.6. The Morgan fingerprint density at radius 3 is 2.08 bits per heavy atom. The smallest absolute Gasteiger partial charge is 0.262 e. The third-order valence-corrected chi connectivity index (χ3v) is 5.71. The third kappa shape index (κ3) is 3.72. The summed E-state index contributed by atoms with van der Waals surface area (Å²) < 4.78 is 41.6. The molecule has 0 amide bonds. The number of hydrogen-bond donors (Lipinski definition) is 0. The summed E-state index contributed by atoms with van der Waals surface area (Å²) in [5.41, 5.74) is 1.78. The van der Waals surface area contributed by atoms with Crippen molar-refractivity contribution in [3.63, 3.8) is 0 Å². The third-order valence-electron chi connectivity index (χ3n) is 3.92. The summed E-state index contributed by atoms with van der Waals surface area (Å²) in [5, 5.41) is 0. The van der Waals surface area contributed by atoms with E-state index in [-0.39, 0.29) is 11.4 Å². The zero-order valence-corrected chi connectivity index (χ0v) is 14.6. The van der Waals surface area contributed by atoms with Crippen molar-refractivity contribution in [2.45, 2.75) is 18.4 Å². The van der Waals surface area contributed by atoms with E-state index in [1.165, 1.54) is 10.4 Å². The van der Waals surface area contributed by atoms with Crippen LogP contribution < -0.4 is 4.31 Å². The summed E-state index contributed by atoms with van der Waals surface area (Å²) in [6.45, 7) is 1.82. The molecular weight excluding hydrogens is 337 g/mol. The van der Waals surface area contributed by atoms with Crippen LogP contribution in [-0.2, 0) is 16.6 Å². The molecule has 0 unspecified atom stereocenters. The lowest BCUT2D eigenvalue weighted by molar-refractivity contribution is 0.585. The molecule has 0 aliphatic rings. The largest absolute Gasteiger partial charge is 0.264 e. The van der Waals surface area contributed by atoms with E-state index in [1.54, 1.807) is 66.7 Å². The van der Waals surface area contributed by atoms with Gasteiger partial charge in [-0.1, -0.05) is 54.1 Å². The van der Waals surface area contributed by atoms with Gasteiger partial charge in [-0.3, -0.25) is 4.31 Å². The number of sulfonamides is 1. The summed E-state index contributed by atoms with van der Waals surface area (Å²) >= 11 is 0. The van der Waals surface area contributed by atoms with Gasteiger partial charge in [-0.2, -0.15) is 0 Å². The van der Waals surface area contributed by atoms with Crippen molar-refractivity contribution in [2.24, 2.45) is 0 Å². The Hall–Kier alpha value is -2.66. The van der Waals surface area contributed by atoms with Gasteiger partial charge in [0, 0.05) is 5.56 Å². The molecule has 0 aliphatic carbocycles. The lowest BCUT2D eigenvalue weighted by Gasteiger charge is -2.25. The highest BCUT2D eigenvalue weighted by molar-refractivity contribution is 7.92. The Balaban J connectivity index is 2.08. The highest BCUT2D eigenvalue weighted by Crippen LogP contribution is 2.26. The number of halogens is 1. The minimum absolute atomic E-state index is 0.0765. The van der Waals surface area contributed by atoms with Gasteiger partial charge in [-0.25, -0.2) is 12.8 Å². The minimum Gasteiger partial charge on any atom is -0.262 e. The number of hydrogen-bond acceptors (Lipinski definition) is 2. The van der Waals surface area contributed by atoms with Crippen molar-refractivity contribution in [1.82, 2.24) is 0 Å². The number of benzene rings is 3. The molecule has 5 heteroatoms. The maximum Gasteiger partial charge on any atom is 0.264 e. The van der Waals surface area contributed by atoms with E-state index in [4.69, 9.17) is 0 Å². The second-order valence-corrected chi connectivity index (χ2v) is 7.61. The Labute approximate surface area is 147 Å². The highest BCUT2D eigenvalue weighted by Gasteiger charge is 2.25. The van der Waals surface area contributed by atoms with Gasteiger partial charge >= 0.3 is 0 Å². The van der Waals surface area contributed by atoms with E-state index in [0.29, 0.717) is 11.3 Å². The van der Waals surface area contributed by atoms with Crippen LogP contribution in [0.1, 0.15) is 11.1 Å². The quantitative estimate of drug-likeness (QED) is 0.674. The molecule has 0 fully saturated rings. The zero-order valence-electron chi connectivity index (χ0n) is 13.8. The minimum atomic E-state index is -3.82. The van der Waals surface area contributed by atoms with E-state index in [1.807, 2.05) is 13.0 Å². The lowest BCUT2D eigenvalue weighted by Crippen LogP contribution is -2.30. The van der Waals surface area contributed by atoms with E-state index in [0.717, 1.165) is 5.56 Å². The van der Waals surface area contributed by atoms with Crippen LogP contribution in [0.3, 0.4) is 0 Å². The number of para-hydroxylation sites is 1. The first kappa shape index (κ1) is 17.2. The zero-order chi connectivity index (χ0) is 17.9. The molecule has 0 N–H and O–H groups in total. The fraction of sp³-hybridized carbons (Fsp3) is 0.100. The highest BCUT2D eigenvalue weighted by atomic mass is 32.2. The van der Waals surface area contributed by atoms with Crippen LogP contribution in [0, 0.1) is 12.7 Å². The predicted molar refractivity (Wildman–Crippen MR) is 97.4 cm³/mol. The molecule has 3 aromatic rings. The van der Waals surface area contributed by atoms with Crippen LogP contribution in [0.4, 0.5) is 10.1 Å². The molecule has 3 aromatic carbocycles. The van der Waals surface area contributed by atoms with Crippen LogP contribution in [0.25, 0.3) is 0 Å². The van der Waals surface area contributed by atoms with Crippen LogP contribution in [0.5, 0.6) is 0 Å². The summed E-state index contributed by atoms with van der Waals surface area (Å²) in [6.07, 6.45) is 0. The van der Waals surface area contributed by atoms with E-state index >= 15 is 0 Å². The van der Waals surface area contributed by atoms with Crippen LogP contribution in [-0.4, -0.2) is 8.42 Å². The number of rotatable bonds is 5. The van der Waals surface area contributed by atoms with Gasteiger partial charge in [0.2, 0.25) is 0 Å². The normalized spacial score (nSPS) is 11.3. The van der Waals surface area contributed by atoms with Crippen molar-refractivity contribution in [1.29, 1.82) is 0 Å². The Bertz CT molecular complexity index is 955. The van der Waals surface area contributed by atoms with Gasteiger partial charge in [0.1, 0.15) is 5.82 Å². The van der Waals surface area contributed by atoms with E-state index in [2.05, 4.69) is 0 Å². The second-order valence-electron chi connectivity index (χ2n) is 5.75. The summed E-state index contributed by atoms with van der Waals surface area (Å²) in [7, 11) is -3.82. The van der Waals surface area contributed by atoms with Gasteiger partial charge in [0.05, 0.1) is 17.1 Å². The average molecular weight is 355 g/mol. The van der Waals surface area contributed by atoms with Crippen molar-refractivity contribution < 1.29 is 12.8 Å². The van der Waals surface area contributed by atoms with Crippen LogP contribution in [0.2, 0.25) is 0 Å². The fourth-order valence-corrected chi connectivity index (χ4v) is 3.97. The molecular formula is C20H18FNO2S. The van der Waals surface area contributed by atoms with Crippen molar-refractivity contribution in [3.05, 3.63) is 95.8 Å². The first-order chi connectivity index (χ1) is 12.0. The molecule has 0 spiro atoms. The van der Waals surface area contributed by atoms with Crippen molar-refractivity contribution >= 4 is 15.7 Å². The molecule has 0 radical (unpaired) electrons. The Morgan fingerprint density at radius 1 is 0.840 bits per heavy atom. The fourth-order valence-electron chi connectivity index (χ4n) is 2.53. The van der Waals surface area contributed by atoms with Gasteiger partial charge in [0.25, 0.3) is 10.0 Å². The number of aryl methyl sites for hydroxylation is 1. The van der Waals surface area contributed by atoms with Crippen LogP contribution >= 0.6 is 0 Å². The molecule has 0 saturated carbocycles. The lowest BCUT2D eigenvalue weighted by atomic mass is 10.2. The van der Waals surface area contributed by atoms with Gasteiger partial charge in [-0.15, -0.1) is 0 Å². The van der Waals surface area contributed by atoms with Crippen LogP contribution in [0.15, 0.2) is 83.8 Å². The Kier molecular flexibility index (Phi) is 4.86. The predicted octanol–water partition coefficient (Wildman–Crippen LogP) is 4.53. The molecule has 25 heavy (non-hydrogen) atoms. The second kappa shape index (κ2) is 7.07. The van der Waals surface area contributed by atoms with Crippen molar-refractivity contribution in [2.75, 3.05) is 4.31 Å². The monoisotopic (exact) mass is 355 g/mol. The molecule has 128 valence electrons. The molecule has 3 nitrogen and oxygen atoms in total. The molecule has 0 saturated heterocycles. The van der Waals surface area contributed by atoms with Gasteiger partial charge in [0.15, 0.2) is 0 Å². The molecule has 0 bridgehead atoms. The standard InChI is InChI=1S/C20H18FNO2S/c1-16-11-13-19(14-12-16)25(23,24)22(18-8-3-2-4-9-18)15-17-7-5-6-10-20(17)21/h2-14H,15H2,1H3. The topological polar surface area (TPSA) is 37.4 Å². The average Bonchev–Trinajstić information content (AvgIpc) is 2.62. The van der Waals surface area contributed by atoms with E-state index in [9.17, 15) is 12.8 Å². The maximum absolute atomic E-state index is 14.1. The first-order valence-electron chi connectivity index (χ1n) is 7.86. The molecule has 0 aromatic heterocycles. The Morgan fingerprint density at radius 2 is 1.44 bits per heavy atom. The van der Waals surface area contributed by atoms with E-state index < -0.39 is 15.8 Å². The van der Waals surface area contributed by atoms with Gasteiger partial charge in [-0.05, 0) is 37.3 Å². The molecule has 0 heterocycles. The number of nitrogens with zero attached hydrogens (tertiary/aromatic N) is 1. The molecule has 0 atom stereocenters. The van der Waals surface area contributed by atoms with Gasteiger partial charge < -0.3 is 0 Å². The summed E-state index contributed by atoms with van der Waals surface area (Å²) in [5.74, 6) is -0.428. The molecule has 3 rings (SSSR count). The SMILES string of the molecule is Cc1ccc(S(=O)(=O)N(Cc2ccccc2F)c2ccccc2)cc1. The maximum atomic E-state index is 14.1. The van der Waals surface area contributed by atoms with Crippen molar-refractivity contribution in [3.8, 4) is 0 Å². The molecule has 0 aliphatic heterocycles. The number of anilines is 1.